The van der Waals surface area contributed by atoms with Crippen molar-refractivity contribution in [2.24, 2.45) is 0 Å². The Kier molecular flexibility index (Phi) is 28.2. The molecule has 0 fully saturated rings. The van der Waals surface area contributed by atoms with Crippen molar-refractivity contribution in [2.45, 2.75) is 187 Å². The first kappa shape index (κ1) is 35.7. The van der Waals surface area contributed by atoms with Crippen molar-refractivity contribution in [2.75, 3.05) is 0 Å². The largest absolute Gasteiger partial charge is 0.481 e. The molecule has 4 heteroatoms. The van der Waals surface area contributed by atoms with Crippen molar-refractivity contribution in [1.29, 1.82) is 0 Å². The molecule has 0 aliphatic carbocycles. The number of allylic oxidation sites excluding steroid dienone is 2. The molecule has 0 rings (SSSR count). The zero-order valence-electron chi connectivity index (χ0n) is 24.8. The Bertz CT molecular complexity index is 528. The summed E-state index contributed by atoms with van der Waals surface area (Å²) in [6, 6.07) is 0. The number of carbonyl (C=O) groups excluding carboxylic acids is 1. The summed E-state index contributed by atoms with van der Waals surface area (Å²) in [5.41, 5.74) is 0. The third-order valence-electron chi connectivity index (χ3n) is 7.31. The van der Waals surface area contributed by atoms with Gasteiger partial charge in [-0.25, -0.2) is 0 Å². The van der Waals surface area contributed by atoms with Crippen LogP contribution in [0.25, 0.3) is 0 Å². The van der Waals surface area contributed by atoms with Gasteiger partial charge in [0.25, 0.3) is 0 Å². The van der Waals surface area contributed by atoms with E-state index in [1.807, 2.05) is 0 Å². The average Bonchev–Trinajstić information content (AvgIpc) is 2.88. The zero-order valence-corrected chi connectivity index (χ0v) is 24.8. The number of unbranched alkanes of at least 4 members (excludes halogenated alkanes) is 19. The van der Waals surface area contributed by atoms with Crippen molar-refractivity contribution in [1.82, 2.24) is 0 Å². The lowest BCUT2D eigenvalue weighted by Crippen LogP contribution is -2.17. The second-order valence-electron chi connectivity index (χ2n) is 11.0. The van der Waals surface area contributed by atoms with E-state index in [0.29, 0.717) is 12.8 Å². The second-order valence-corrected chi connectivity index (χ2v) is 11.0. The molecule has 0 bridgehead atoms. The number of rotatable bonds is 29. The quantitative estimate of drug-likeness (QED) is 0.0602. The molecule has 4 nitrogen and oxygen atoms in total. The minimum atomic E-state index is -0.671. The fourth-order valence-corrected chi connectivity index (χ4v) is 4.80. The maximum Gasteiger partial charge on any atom is 0.306 e. The van der Waals surface area contributed by atoms with Gasteiger partial charge in [-0.3, -0.25) is 9.59 Å². The van der Waals surface area contributed by atoms with Crippen molar-refractivity contribution in [3.63, 3.8) is 0 Å². The Hall–Kier alpha value is -1.32. The van der Waals surface area contributed by atoms with E-state index in [9.17, 15) is 9.59 Å². The molecule has 0 saturated carbocycles. The minimum Gasteiger partial charge on any atom is -0.481 e. The molecule has 0 amide bonds. The van der Waals surface area contributed by atoms with Crippen LogP contribution in [0.5, 0.6) is 0 Å². The van der Waals surface area contributed by atoms with Gasteiger partial charge in [0.1, 0.15) is 6.10 Å². The summed E-state index contributed by atoms with van der Waals surface area (Å²) in [6.07, 6.45) is 34.4. The highest BCUT2D eigenvalue weighted by atomic mass is 16.5. The van der Waals surface area contributed by atoms with E-state index in [2.05, 4.69) is 26.0 Å². The third kappa shape index (κ3) is 29.1. The molecule has 1 unspecified atom stereocenters. The van der Waals surface area contributed by atoms with Crippen LogP contribution in [0.2, 0.25) is 0 Å². The lowest BCUT2D eigenvalue weighted by molar-refractivity contribution is -0.149. The Morgan fingerprint density at radius 2 is 1.03 bits per heavy atom. The van der Waals surface area contributed by atoms with E-state index in [1.165, 1.54) is 109 Å². The number of hydrogen-bond donors (Lipinski definition) is 1. The summed E-state index contributed by atoms with van der Waals surface area (Å²) < 4.78 is 5.74. The summed E-state index contributed by atoms with van der Waals surface area (Å²) in [5.74, 6) is -0.666. The number of esters is 1. The monoisotopic (exact) mass is 522 g/mol. The van der Waals surface area contributed by atoms with Crippen LogP contribution in [0, 0.1) is 0 Å². The molecule has 0 aliphatic heterocycles. The predicted octanol–water partition coefficient (Wildman–Crippen LogP) is 10.7. The van der Waals surface area contributed by atoms with Gasteiger partial charge in [0, 0.05) is 12.8 Å². The molecule has 37 heavy (non-hydrogen) atoms. The molecule has 0 spiro atoms. The molecule has 0 heterocycles. The molecule has 0 aromatic carbocycles. The highest BCUT2D eigenvalue weighted by Crippen LogP contribution is 2.16. The normalized spacial score (nSPS) is 12.3. The van der Waals surface area contributed by atoms with Gasteiger partial charge in [-0.1, -0.05) is 129 Å². The number of carbonyl (C=O) groups is 2. The maximum absolute atomic E-state index is 12.2. The summed E-state index contributed by atoms with van der Waals surface area (Å²) in [7, 11) is 0. The van der Waals surface area contributed by atoms with Gasteiger partial charge in [0.2, 0.25) is 0 Å². The summed E-state index contributed by atoms with van der Waals surface area (Å²) in [4.78, 5) is 22.7. The smallest absolute Gasteiger partial charge is 0.306 e. The van der Waals surface area contributed by atoms with Gasteiger partial charge in [-0.15, -0.1) is 0 Å². The van der Waals surface area contributed by atoms with E-state index in [4.69, 9.17) is 9.84 Å². The first-order valence-electron chi connectivity index (χ1n) is 16.2. The van der Waals surface area contributed by atoms with Gasteiger partial charge < -0.3 is 9.84 Å². The van der Waals surface area contributed by atoms with Crippen LogP contribution in [-0.4, -0.2) is 23.1 Å². The number of carboxylic acid groups (broad SMARTS) is 1. The Balaban J connectivity index is 3.45. The molecule has 1 atom stereocenters. The lowest BCUT2D eigenvalue weighted by atomic mass is 10.0. The van der Waals surface area contributed by atoms with Crippen molar-refractivity contribution in [3.8, 4) is 0 Å². The van der Waals surface area contributed by atoms with Crippen molar-refractivity contribution >= 4 is 11.9 Å². The number of carboxylic acids is 1. The fraction of sp³-hybridized carbons (Fsp3) is 0.879. The Labute approximate surface area is 230 Å². The van der Waals surface area contributed by atoms with Crippen LogP contribution >= 0.6 is 0 Å². The first-order chi connectivity index (χ1) is 18.1. The van der Waals surface area contributed by atoms with Crippen LogP contribution in [0.1, 0.15) is 181 Å². The molecular formula is C33H62O4. The van der Waals surface area contributed by atoms with Crippen LogP contribution in [0.3, 0.4) is 0 Å². The molecule has 0 radical (unpaired) electrons. The van der Waals surface area contributed by atoms with Crippen LogP contribution in [0.4, 0.5) is 0 Å². The topological polar surface area (TPSA) is 63.6 Å². The summed E-state index contributed by atoms with van der Waals surface area (Å²) in [5, 5.41) is 8.63. The SMILES string of the molecule is CCCC/C=C\CCCCCCCCC(=O)OC(CC)CCCCCCCCCCCCCCC(=O)O. The lowest BCUT2D eigenvalue weighted by Gasteiger charge is -2.16. The minimum absolute atomic E-state index is 0.00551. The van der Waals surface area contributed by atoms with E-state index < -0.39 is 5.97 Å². The third-order valence-corrected chi connectivity index (χ3v) is 7.31. The summed E-state index contributed by atoms with van der Waals surface area (Å²) >= 11 is 0. The Morgan fingerprint density at radius 3 is 1.51 bits per heavy atom. The van der Waals surface area contributed by atoms with Gasteiger partial charge >= 0.3 is 11.9 Å². The van der Waals surface area contributed by atoms with Gasteiger partial charge in [-0.05, 0) is 51.4 Å². The highest BCUT2D eigenvalue weighted by Gasteiger charge is 2.12. The second kappa shape index (κ2) is 29.2. The predicted molar refractivity (Wildman–Crippen MR) is 158 cm³/mol. The fourth-order valence-electron chi connectivity index (χ4n) is 4.80. The van der Waals surface area contributed by atoms with Crippen LogP contribution in [-0.2, 0) is 14.3 Å². The molecular weight excluding hydrogens is 460 g/mol. The zero-order chi connectivity index (χ0) is 27.2. The molecule has 0 aliphatic rings. The van der Waals surface area contributed by atoms with Gasteiger partial charge in [0.05, 0.1) is 0 Å². The highest BCUT2D eigenvalue weighted by molar-refractivity contribution is 5.69. The van der Waals surface area contributed by atoms with Crippen molar-refractivity contribution in [3.05, 3.63) is 12.2 Å². The average molecular weight is 523 g/mol. The van der Waals surface area contributed by atoms with E-state index in [0.717, 1.165) is 44.9 Å². The van der Waals surface area contributed by atoms with Gasteiger partial charge in [0.15, 0.2) is 0 Å². The number of hydrogen-bond acceptors (Lipinski definition) is 3. The van der Waals surface area contributed by atoms with E-state index >= 15 is 0 Å². The maximum atomic E-state index is 12.2. The first-order valence-corrected chi connectivity index (χ1v) is 16.2. The number of ether oxygens (including phenoxy) is 1. The number of aliphatic carboxylic acids is 1. The van der Waals surface area contributed by atoms with Crippen LogP contribution in [0.15, 0.2) is 12.2 Å². The van der Waals surface area contributed by atoms with Crippen LogP contribution < -0.4 is 0 Å². The molecule has 218 valence electrons. The van der Waals surface area contributed by atoms with E-state index in [-0.39, 0.29) is 12.1 Å². The molecule has 0 aromatic rings. The standard InChI is InChI=1S/C33H62O4/c1-3-5-6-7-8-9-10-15-18-21-24-27-30-33(36)37-31(4-2)28-25-22-19-16-13-11-12-14-17-20-23-26-29-32(34)35/h7-8,31H,3-6,9-30H2,1-2H3,(H,34,35)/b8-7-. The molecule has 0 aromatic heterocycles. The summed E-state index contributed by atoms with van der Waals surface area (Å²) in [6.45, 7) is 4.37. The molecule has 0 saturated heterocycles. The van der Waals surface area contributed by atoms with Gasteiger partial charge in [-0.2, -0.15) is 0 Å². The van der Waals surface area contributed by atoms with E-state index in [1.54, 1.807) is 0 Å². The molecule has 1 N–H and O–H groups in total. The van der Waals surface area contributed by atoms with Crippen molar-refractivity contribution < 1.29 is 19.4 Å². The Morgan fingerprint density at radius 1 is 0.595 bits per heavy atom.